The maximum Gasteiger partial charge on any atom is 0.251 e. The third-order valence-corrected chi connectivity index (χ3v) is 2.22. The van der Waals surface area contributed by atoms with Gasteiger partial charge in [0.15, 0.2) is 0 Å². The lowest BCUT2D eigenvalue weighted by molar-refractivity contribution is -0.113. The van der Waals surface area contributed by atoms with Crippen LogP contribution in [0.2, 0.25) is 0 Å². The van der Waals surface area contributed by atoms with Gasteiger partial charge in [0.25, 0.3) is 5.91 Å². The minimum absolute atomic E-state index is 0.226. The second-order valence-electron chi connectivity index (χ2n) is 3.40. The van der Waals surface area contributed by atoms with E-state index in [1.165, 1.54) is 12.3 Å². The number of carbonyl (C=O) groups is 1. The minimum Gasteiger partial charge on any atom is -0.377 e. The van der Waals surface area contributed by atoms with Gasteiger partial charge in [0, 0.05) is 18.1 Å². The Morgan fingerprint density at radius 2 is 2.38 bits per heavy atom. The summed E-state index contributed by atoms with van der Waals surface area (Å²) in [5.74, 6) is -0.700. The number of hydrogen-bond donors (Lipinski definition) is 1. The average molecular weight is 222 g/mol. The molecule has 0 unspecified atom stereocenters. The Labute approximate surface area is 92.1 Å². The maximum atomic E-state index is 12.8. The summed E-state index contributed by atoms with van der Waals surface area (Å²) in [6.07, 6.45) is 4.80. The zero-order chi connectivity index (χ0) is 11.4. The van der Waals surface area contributed by atoms with Crippen LogP contribution >= 0.6 is 0 Å². The number of carbonyl (C=O) groups excluding carboxylic acids is 1. The van der Waals surface area contributed by atoms with Gasteiger partial charge in [0.1, 0.15) is 5.82 Å². The molecule has 0 aliphatic carbocycles. The van der Waals surface area contributed by atoms with Gasteiger partial charge in [-0.2, -0.15) is 0 Å². The molecule has 0 radical (unpaired) electrons. The summed E-state index contributed by atoms with van der Waals surface area (Å²) in [6, 6.07) is 1.23. The molecule has 2 heterocycles. The van der Waals surface area contributed by atoms with Crippen molar-refractivity contribution in [3.8, 4) is 0 Å². The van der Waals surface area contributed by atoms with Gasteiger partial charge in [-0.25, -0.2) is 4.39 Å². The van der Waals surface area contributed by atoms with Crippen LogP contribution in [-0.2, 0) is 9.53 Å². The summed E-state index contributed by atoms with van der Waals surface area (Å²) in [4.78, 5) is 15.3. The summed E-state index contributed by atoms with van der Waals surface area (Å²) in [7, 11) is 0. The van der Waals surface area contributed by atoms with Gasteiger partial charge < -0.3 is 10.1 Å². The quantitative estimate of drug-likeness (QED) is 0.825. The third kappa shape index (κ3) is 2.64. The van der Waals surface area contributed by atoms with Crippen LogP contribution in [0.25, 0.3) is 0 Å². The first-order chi connectivity index (χ1) is 7.75. The molecule has 0 atom stereocenters. The standard InChI is InChI=1S/C11H11FN2O2/c12-9-5-10(7-13-6-9)14-11(15)8-1-3-16-4-2-8/h1,5-7H,2-4H2,(H,14,15). The van der Waals surface area contributed by atoms with E-state index in [0.29, 0.717) is 30.9 Å². The lowest BCUT2D eigenvalue weighted by atomic mass is 10.1. The molecule has 4 nitrogen and oxygen atoms in total. The van der Waals surface area contributed by atoms with Gasteiger partial charge in [-0.1, -0.05) is 6.08 Å². The van der Waals surface area contributed by atoms with Crippen LogP contribution in [0, 0.1) is 5.82 Å². The predicted octanol–water partition coefficient (Wildman–Crippen LogP) is 1.51. The number of aromatic nitrogens is 1. The van der Waals surface area contributed by atoms with Gasteiger partial charge in [0.2, 0.25) is 0 Å². The number of halogens is 1. The molecule has 1 N–H and O–H groups in total. The highest BCUT2D eigenvalue weighted by Crippen LogP contribution is 2.12. The molecule has 0 bridgehead atoms. The van der Waals surface area contributed by atoms with Crippen molar-refractivity contribution >= 4 is 11.6 Å². The Bertz CT molecular complexity index is 432. The summed E-state index contributed by atoms with van der Waals surface area (Å²) in [6.45, 7) is 0.991. The van der Waals surface area contributed by atoms with Crippen molar-refractivity contribution < 1.29 is 13.9 Å². The number of anilines is 1. The van der Waals surface area contributed by atoms with E-state index in [4.69, 9.17) is 4.74 Å². The molecule has 16 heavy (non-hydrogen) atoms. The lowest BCUT2D eigenvalue weighted by Gasteiger charge is -2.13. The number of amides is 1. The summed E-state index contributed by atoms with van der Waals surface area (Å²) >= 11 is 0. The van der Waals surface area contributed by atoms with Crippen LogP contribution in [-0.4, -0.2) is 24.1 Å². The Kier molecular flexibility index (Phi) is 3.26. The van der Waals surface area contributed by atoms with Crippen molar-refractivity contribution in [3.63, 3.8) is 0 Å². The van der Waals surface area contributed by atoms with Gasteiger partial charge in [-0.3, -0.25) is 9.78 Å². The molecule has 1 aromatic heterocycles. The van der Waals surface area contributed by atoms with Crippen LogP contribution < -0.4 is 5.32 Å². The molecule has 0 aromatic carbocycles. The SMILES string of the molecule is O=C(Nc1cncc(F)c1)C1=CCOCC1. The highest BCUT2D eigenvalue weighted by molar-refractivity contribution is 6.03. The lowest BCUT2D eigenvalue weighted by Crippen LogP contribution is -2.19. The van der Waals surface area contributed by atoms with Gasteiger partial charge in [-0.05, 0) is 0 Å². The molecule has 1 aliphatic heterocycles. The summed E-state index contributed by atoms with van der Waals surface area (Å²) in [5, 5.41) is 2.59. The Hall–Kier alpha value is -1.75. The first kappa shape index (κ1) is 10.8. The van der Waals surface area contributed by atoms with Crippen LogP contribution in [0.1, 0.15) is 6.42 Å². The summed E-state index contributed by atoms with van der Waals surface area (Å²) in [5.41, 5.74) is 1.02. The molecule has 0 saturated carbocycles. The van der Waals surface area contributed by atoms with E-state index in [1.807, 2.05) is 0 Å². The van der Waals surface area contributed by atoms with E-state index >= 15 is 0 Å². The van der Waals surface area contributed by atoms with Crippen molar-refractivity contribution in [1.82, 2.24) is 4.98 Å². The van der Waals surface area contributed by atoms with E-state index in [0.717, 1.165) is 6.20 Å². The number of nitrogens with zero attached hydrogens (tertiary/aromatic N) is 1. The number of pyridine rings is 1. The second kappa shape index (κ2) is 4.85. The fourth-order valence-electron chi connectivity index (χ4n) is 1.42. The molecule has 1 aliphatic rings. The molecule has 0 fully saturated rings. The molecule has 0 spiro atoms. The topological polar surface area (TPSA) is 51.2 Å². The van der Waals surface area contributed by atoms with Crippen molar-refractivity contribution in [2.75, 3.05) is 18.5 Å². The molecule has 84 valence electrons. The Morgan fingerprint density at radius 1 is 1.50 bits per heavy atom. The van der Waals surface area contributed by atoms with E-state index in [-0.39, 0.29) is 5.91 Å². The van der Waals surface area contributed by atoms with Crippen LogP contribution in [0.15, 0.2) is 30.1 Å². The monoisotopic (exact) mass is 222 g/mol. The number of rotatable bonds is 2. The largest absolute Gasteiger partial charge is 0.377 e. The van der Waals surface area contributed by atoms with Crippen LogP contribution in [0.5, 0.6) is 0 Å². The van der Waals surface area contributed by atoms with Crippen LogP contribution in [0.4, 0.5) is 10.1 Å². The molecule has 0 saturated heterocycles. The minimum atomic E-state index is -0.473. The number of hydrogen-bond acceptors (Lipinski definition) is 3. The summed E-state index contributed by atoms with van der Waals surface area (Å²) < 4.78 is 17.9. The molecular weight excluding hydrogens is 211 g/mol. The molecule has 1 amide bonds. The second-order valence-corrected chi connectivity index (χ2v) is 3.40. The molecule has 2 rings (SSSR count). The van der Waals surface area contributed by atoms with E-state index in [9.17, 15) is 9.18 Å². The maximum absolute atomic E-state index is 12.8. The van der Waals surface area contributed by atoms with E-state index < -0.39 is 5.82 Å². The highest BCUT2D eigenvalue weighted by atomic mass is 19.1. The van der Waals surface area contributed by atoms with Crippen molar-refractivity contribution in [3.05, 3.63) is 35.9 Å². The highest BCUT2D eigenvalue weighted by Gasteiger charge is 2.12. The molecular formula is C11H11FN2O2. The smallest absolute Gasteiger partial charge is 0.251 e. The van der Waals surface area contributed by atoms with Gasteiger partial charge in [-0.15, -0.1) is 0 Å². The fraction of sp³-hybridized carbons (Fsp3) is 0.273. The van der Waals surface area contributed by atoms with Gasteiger partial charge >= 0.3 is 0 Å². The zero-order valence-electron chi connectivity index (χ0n) is 8.57. The Balaban J connectivity index is 2.04. The zero-order valence-corrected chi connectivity index (χ0v) is 8.57. The first-order valence-corrected chi connectivity index (χ1v) is 4.94. The fourth-order valence-corrected chi connectivity index (χ4v) is 1.42. The third-order valence-electron chi connectivity index (χ3n) is 2.22. The Morgan fingerprint density at radius 3 is 3.06 bits per heavy atom. The molecule has 1 aromatic rings. The van der Waals surface area contributed by atoms with Crippen molar-refractivity contribution in [2.24, 2.45) is 0 Å². The normalized spacial score (nSPS) is 15.4. The van der Waals surface area contributed by atoms with Gasteiger partial charge in [0.05, 0.1) is 31.3 Å². The number of nitrogens with one attached hydrogen (secondary N) is 1. The van der Waals surface area contributed by atoms with E-state index in [1.54, 1.807) is 6.08 Å². The predicted molar refractivity (Wildman–Crippen MR) is 56.3 cm³/mol. The van der Waals surface area contributed by atoms with Crippen LogP contribution in [0.3, 0.4) is 0 Å². The van der Waals surface area contributed by atoms with Crippen molar-refractivity contribution in [2.45, 2.75) is 6.42 Å². The average Bonchev–Trinajstić information content (AvgIpc) is 2.30. The first-order valence-electron chi connectivity index (χ1n) is 4.94. The van der Waals surface area contributed by atoms with E-state index in [2.05, 4.69) is 10.3 Å². The molecule has 5 heteroatoms. The number of ether oxygens (including phenoxy) is 1. The van der Waals surface area contributed by atoms with Crippen molar-refractivity contribution in [1.29, 1.82) is 0 Å².